The first-order chi connectivity index (χ1) is 27.9. The van der Waals surface area contributed by atoms with Gasteiger partial charge in [0.2, 0.25) is 0 Å². The van der Waals surface area contributed by atoms with Gasteiger partial charge in [-0.3, -0.25) is 0 Å². The maximum absolute atomic E-state index is 3.62. The van der Waals surface area contributed by atoms with E-state index in [0.29, 0.717) is 0 Å². The van der Waals surface area contributed by atoms with Crippen LogP contribution in [0.5, 0.6) is 0 Å². The average molecular weight is 778 g/mol. The number of rotatable bonds is 48. The lowest BCUT2D eigenvalue weighted by Crippen LogP contribution is -1.96. The summed E-state index contributed by atoms with van der Waals surface area (Å²) in [7, 11) is 0. The van der Waals surface area contributed by atoms with E-state index in [1.54, 1.807) is 5.56 Å². The van der Waals surface area contributed by atoms with Crippen LogP contribution in [0.15, 0.2) is 18.2 Å². The molecule has 0 heteroatoms. The Morgan fingerprint density at radius 1 is 0.268 bits per heavy atom. The minimum atomic E-state index is 1.24. The van der Waals surface area contributed by atoms with E-state index in [1.165, 1.54) is 314 Å². The lowest BCUT2D eigenvalue weighted by molar-refractivity contribution is 0.517. The number of hydrogen-bond acceptors (Lipinski definition) is 0. The van der Waals surface area contributed by atoms with Gasteiger partial charge in [-0.1, -0.05) is 315 Å². The fraction of sp³-hybridized carbons (Fsp3) is 0.893. The number of hydrogen-bond donors (Lipinski definition) is 0. The predicted molar refractivity (Wildman–Crippen MR) is 256 cm³/mol. The van der Waals surface area contributed by atoms with Crippen LogP contribution in [0.25, 0.3) is 0 Å². The topological polar surface area (TPSA) is 0 Å². The second kappa shape index (κ2) is 46.9. The SMILES string of the molecule is CCCCCCCCCCCCCCCCCCCCCCCCCc1[c]cccc1CCCCCCCCCCCCCCCCCCCCCCCCC. The predicted octanol–water partition coefficient (Wildman–Crippen LogP) is 20.6. The van der Waals surface area contributed by atoms with Crippen LogP contribution in [0.2, 0.25) is 0 Å². The lowest BCUT2D eigenvalue weighted by atomic mass is 9.96. The standard InChI is InChI=1S/C56H105/c1-3-5-7-9-11-13-15-17-19-21-23-25-27-29-31-33-35-37-39-41-43-45-47-51-55-53-49-50-54-56(55)52-48-46-44-42-40-38-36-34-32-30-28-26-24-22-20-18-16-14-12-10-8-6-4-2/h49-50,53H,3-48,51-52H2,1-2H3. The van der Waals surface area contributed by atoms with E-state index >= 15 is 0 Å². The van der Waals surface area contributed by atoms with E-state index in [1.807, 2.05) is 0 Å². The van der Waals surface area contributed by atoms with Gasteiger partial charge in [-0.2, -0.15) is 0 Å². The second-order valence-corrected chi connectivity index (χ2v) is 18.7. The molecule has 0 bridgehead atoms. The summed E-state index contributed by atoms with van der Waals surface area (Å²) in [5, 5.41) is 0. The first-order valence-electron chi connectivity index (χ1n) is 26.9. The quantitative estimate of drug-likeness (QED) is 0.0578. The van der Waals surface area contributed by atoms with Gasteiger partial charge >= 0.3 is 0 Å². The molecule has 0 heterocycles. The molecule has 0 saturated heterocycles. The van der Waals surface area contributed by atoms with Gasteiger partial charge in [0.25, 0.3) is 0 Å². The Hall–Kier alpha value is -0.780. The molecular formula is C56H105. The minimum Gasteiger partial charge on any atom is -0.0654 e. The lowest BCUT2D eigenvalue weighted by Gasteiger charge is -2.09. The molecule has 1 aromatic carbocycles. The molecule has 0 N–H and O–H groups in total. The number of benzene rings is 1. The summed E-state index contributed by atoms with van der Waals surface area (Å²) in [5.74, 6) is 0. The van der Waals surface area contributed by atoms with Crippen LogP contribution >= 0.6 is 0 Å². The van der Waals surface area contributed by atoms with Crippen molar-refractivity contribution in [2.24, 2.45) is 0 Å². The first kappa shape index (κ1) is 53.2. The van der Waals surface area contributed by atoms with E-state index in [0.717, 1.165) is 0 Å². The molecular weight excluding hydrogens is 673 g/mol. The molecule has 0 amide bonds. The van der Waals surface area contributed by atoms with Gasteiger partial charge in [0, 0.05) is 0 Å². The molecule has 0 unspecified atom stereocenters. The summed E-state index contributed by atoms with van der Waals surface area (Å²) in [6.07, 6.45) is 69.7. The van der Waals surface area contributed by atoms with Crippen molar-refractivity contribution in [2.75, 3.05) is 0 Å². The van der Waals surface area contributed by atoms with Crippen LogP contribution < -0.4 is 0 Å². The second-order valence-electron chi connectivity index (χ2n) is 18.7. The Bertz CT molecular complexity index is 769. The van der Waals surface area contributed by atoms with Crippen molar-refractivity contribution in [3.8, 4) is 0 Å². The summed E-state index contributed by atoms with van der Waals surface area (Å²) in [5.41, 5.74) is 3.12. The highest BCUT2D eigenvalue weighted by atomic mass is 14.1. The smallest absolute Gasteiger partial charge is 0.0146 e. The summed E-state index contributed by atoms with van der Waals surface area (Å²) >= 11 is 0. The van der Waals surface area contributed by atoms with Gasteiger partial charge in [-0.05, 0) is 42.9 Å². The Kier molecular flexibility index (Phi) is 44.6. The van der Waals surface area contributed by atoms with Crippen LogP contribution in [-0.4, -0.2) is 0 Å². The summed E-state index contributed by atoms with van der Waals surface area (Å²) in [4.78, 5) is 0. The van der Waals surface area contributed by atoms with Crippen molar-refractivity contribution in [3.63, 3.8) is 0 Å². The third-order valence-corrected chi connectivity index (χ3v) is 13.1. The molecule has 0 aliphatic rings. The van der Waals surface area contributed by atoms with Crippen LogP contribution in [0.4, 0.5) is 0 Å². The molecule has 1 rings (SSSR count). The van der Waals surface area contributed by atoms with E-state index in [4.69, 9.17) is 0 Å². The zero-order valence-corrected chi connectivity index (χ0v) is 39.2. The van der Waals surface area contributed by atoms with E-state index in [9.17, 15) is 0 Å². The van der Waals surface area contributed by atoms with Crippen LogP contribution in [-0.2, 0) is 12.8 Å². The van der Waals surface area contributed by atoms with Crippen LogP contribution in [0, 0.1) is 6.07 Å². The molecule has 0 aromatic heterocycles. The van der Waals surface area contributed by atoms with E-state index < -0.39 is 0 Å². The minimum absolute atomic E-state index is 1.24. The fourth-order valence-electron chi connectivity index (χ4n) is 9.16. The largest absolute Gasteiger partial charge is 0.0654 e. The van der Waals surface area contributed by atoms with Gasteiger partial charge in [-0.25, -0.2) is 0 Å². The van der Waals surface area contributed by atoms with Gasteiger partial charge in [0.15, 0.2) is 0 Å². The van der Waals surface area contributed by atoms with Gasteiger partial charge in [-0.15, -0.1) is 0 Å². The normalized spacial score (nSPS) is 11.6. The molecule has 1 aromatic rings. The highest BCUT2D eigenvalue weighted by molar-refractivity contribution is 5.26. The molecule has 0 fully saturated rings. The maximum Gasteiger partial charge on any atom is -0.0146 e. The van der Waals surface area contributed by atoms with E-state index in [2.05, 4.69) is 38.1 Å². The van der Waals surface area contributed by atoms with Crippen LogP contribution in [0.1, 0.15) is 320 Å². The molecule has 56 heavy (non-hydrogen) atoms. The molecule has 0 saturated carbocycles. The molecule has 0 aliphatic heterocycles. The Morgan fingerprint density at radius 2 is 0.482 bits per heavy atom. The average Bonchev–Trinajstić information content (AvgIpc) is 3.21. The zero-order chi connectivity index (χ0) is 39.9. The molecule has 0 spiro atoms. The monoisotopic (exact) mass is 778 g/mol. The van der Waals surface area contributed by atoms with Crippen molar-refractivity contribution >= 4 is 0 Å². The van der Waals surface area contributed by atoms with Crippen molar-refractivity contribution in [1.29, 1.82) is 0 Å². The van der Waals surface area contributed by atoms with Crippen molar-refractivity contribution in [1.82, 2.24) is 0 Å². The van der Waals surface area contributed by atoms with Crippen molar-refractivity contribution in [3.05, 3.63) is 35.4 Å². The van der Waals surface area contributed by atoms with Crippen LogP contribution in [0.3, 0.4) is 0 Å². The van der Waals surface area contributed by atoms with E-state index in [-0.39, 0.29) is 0 Å². The summed E-state index contributed by atoms with van der Waals surface area (Å²) in [6, 6.07) is 10.4. The third-order valence-electron chi connectivity index (χ3n) is 13.1. The Labute approximate surface area is 356 Å². The fourth-order valence-corrected chi connectivity index (χ4v) is 9.16. The van der Waals surface area contributed by atoms with Crippen molar-refractivity contribution < 1.29 is 0 Å². The molecule has 0 aliphatic carbocycles. The van der Waals surface area contributed by atoms with Crippen molar-refractivity contribution in [2.45, 2.75) is 322 Å². The first-order valence-corrected chi connectivity index (χ1v) is 26.9. The number of unbranched alkanes of at least 4 members (excludes halogenated alkanes) is 44. The maximum atomic E-state index is 3.62. The number of aryl methyl sites for hydroxylation is 2. The zero-order valence-electron chi connectivity index (χ0n) is 39.2. The Balaban J connectivity index is 1.80. The summed E-state index contributed by atoms with van der Waals surface area (Å²) in [6.45, 7) is 4.62. The van der Waals surface area contributed by atoms with Gasteiger partial charge < -0.3 is 0 Å². The highest BCUT2D eigenvalue weighted by Gasteiger charge is 2.04. The third kappa shape index (κ3) is 40.0. The Morgan fingerprint density at radius 3 is 0.732 bits per heavy atom. The highest BCUT2D eigenvalue weighted by Crippen LogP contribution is 2.20. The van der Waals surface area contributed by atoms with Gasteiger partial charge in [0.1, 0.15) is 0 Å². The molecule has 0 atom stereocenters. The molecule has 329 valence electrons. The molecule has 1 radical (unpaired) electrons. The van der Waals surface area contributed by atoms with Gasteiger partial charge in [0.05, 0.1) is 0 Å². The molecule has 0 nitrogen and oxygen atoms in total. The summed E-state index contributed by atoms with van der Waals surface area (Å²) < 4.78 is 0.